The predicted octanol–water partition coefficient (Wildman–Crippen LogP) is 3.28. The molecule has 0 saturated heterocycles. The summed E-state index contributed by atoms with van der Waals surface area (Å²) in [6.45, 7) is 1.89. The van der Waals surface area contributed by atoms with Crippen molar-refractivity contribution in [1.29, 1.82) is 0 Å². The van der Waals surface area contributed by atoms with Crippen LogP contribution < -0.4 is 0 Å². The van der Waals surface area contributed by atoms with Crippen LogP contribution in [0.4, 0.5) is 4.39 Å². The van der Waals surface area contributed by atoms with Gasteiger partial charge in [-0.2, -0.15) is 4.39 Å². The van der Waals surface area contributed by atoms with E-state index in [0.29, 0.717) is 5.56 Å². The monoisotopic (exact) mass is 272 g/mol. The third-order valence-electron chi connectivity index (χ3n) is 1.73. The van der Waals surface area contributed by atoms with Gasteiger partial charge in [0.15, 0.2) is 4.74 Å². The molecule has 80 valence electrons. The van der Waals surface area contributed by atoms with Crippen molar-refractivity contribution in [2.75, 3.05) is 6.61 Å². The second kappa shape index (κ2) is 5.66. The molecule has 0 unspecified atom stereocenters. The summed E-state index contributed by atoms with van der Waals surface area (Å²) in [5, 5.41) is 0. The third kappa shape index (κ3) is 3.16. The molecular weight excluding hydrogens is 263 g/mol. The highest BCUT2D eigenvalue weighted by Crippen LogP contribution is 2.24. The van der Waals surface area contributed by atoms with Gasteiger partial charge in [0.05, 0.1) is 6.61 Å². The van der Waals surface area contributed by atoms with Crippen molar-refractivity contribution in [2.24, 2.45) is 0 Å². The average Bonchev–Trinajstić information content (AvgIpc) is 2.19. The largest absolute Gasteiger partial charge is 0.462 e. The first-order valence-corrected chi connectivity index (χ1v) is 5.24. The van der Waals surface area contributed by atoms with E-state index < -0.39 is 10.7 Å². The summed E-state index contributed by atoms with van der Waals surface area (Å²) in [6, 6.07) is 8.54. The van der Waals surface area contributed by atoms with Gasteiger partial charge in [-0.3, -0.25) is 0 Å². The molecular formula is C11H10BrFO2. The summed E-state index contributed by atoms with van der Waals surface area (Å²) >= 11 is 2.66. The first-order chi connectivity index (χ1) is 7.16. The number of benzene rings is 1. The molecule has 1 rings (SSSR count). The molecule has 0 saturated carbocycles. The lowest BCUT2D eigenvalue weighted by Gasteiger charge is -2.06. The molecule has 1 aromatic carbocycles. The van der Waals surface area contributed by atoms with Gasteiger partial charge >= 0.3 is 5.97 Å². The van der Waals surface area contributed by atoms with Crippen LogP contribution in [0.1, 0.15) is 12.5 Å². The van der Waals surface area contributed by atoms with Gasteiger partial charge in [-0.15, -0.1) is 0 Å². The van der Waals surface area contributed by atoms with Gasteiger partial charge in [-0.25, -0.2) is 4.79 Å². The molecule has 2 nitrogen and oxygen atoms in total. The SMILES string of the molecule is CCOC(=O)C(=C(F)Br)c1ccccc1. The first kappa shape index (κ1) is 11.9. The lowest BCUT2D eigenvalue weighted by molar-refractivity contribution is -0.136. The third-order valence-corrected chi connectivity index (χ3v) is 2.13. The van der Waals surface area contributed by atoms with Gasteiger partial charge in [0, 0.05) is 0 Å². The topological polar surface area (TPSA) is 26.3 Å². The highest BCUT2D eigenvalue weighted by molar-refractivity contribution is 9.11. The van der Waals surface area contributed by atoms with Gasteiger partial charge in [0.2, 0.25) is 0 Å². The molecule has 0 atom stereocenters. The van der Waals surface area contributed by atoms with Crippen molar-refractivity contribution < 1.29 is 13.9 Å². The number of halogens is 2. The second-order valence-corrected chi connectivity index (χ2v) is 3.42. The van der Waals surface area contributed by atoms with Crippen LogP contribution in [0.15, 0.2) is 35.1 Å². The molecule has 0 heterocycles. The van der Waals surface area contributed by atoms with E-state index in [-0.39, 0.29) is 12.2 Å². The number of carbonyl (C=O) groups excluding carboxylic acids is 1. The quantitative estimate of drug-likeness (QED) is 0.624. The standard InChI is InChI=1S/C11H10BrFO2/c1-2-15-11(14)9(10(12)13)8-6-4-3-5-7-8/h3-7H,2H2,1H3. The van der Waals surface area contributed by atoms with E-state index in [9.17, 15) is 9.18 Å². The Bertz CT molecular complexity index is 369. The van der Waals surface area contributed by atoms with Crippen LogP contribution in [-0.4, -0.2) is 12.6 Å². The van der Waals surface area contributed by atoms with E-state index in [4.69, 9.17) is 4.74 Å². The molecule has 0 N–H and O–H groups in total. The zero-order valence-corrected chi connectivity index (χ0v) is 9.75. The fourth-order valence-corrected chi connectivity index (χ4v) is 1.50. The summed E-state index contributed by atoms with van der Waals surface area (Å²) in [7, 11) is 0. The van der Waals surface area contributed by atoms with Crippen LogP contribution in [0.5, 0.6) is 0 Å². The Hall–Kier alpha value is -1.16. The maximum atomic E-state index is 13.1. The molecule has 0 aliphatic heterocycles. The van der Waals surface area contributed by atoms with Gasteiger partial charge in [-0.1, -0.05) is 30.3 Å². The van der Waals surface area contributed by atoms with E-state index in [1.54, 1.807) is 37.3 Å². The highest BCUT2D eigenvalue weighted by atomic mass is 79.9. The van der Waals surface area contributed by atoms with Crippen molar-refractivity contribution in [1.82, 2.24) is 0 Å². The average molecular weight is 273 g/mol. The van der Waals surface area contributed by atoms with Crippen molar-refractivity contribution >= 4 is 27.5 Å². The van der Waals surface area contributed by atoms with Crippen molar-refractivity contribution in [3.8, 4) is 0 Å². The molecule has 0 aromatic heterocycles. The zero-order chi connectivity index (χ0) is 11.3. The Morgan fingerprint density at radius 3 is 2.47 bits per heavy atom. The molecule has 0 fully saturated rings. The van der Waals surface area contributed by atoms with Crippen LogP contribution in [0.2, 0.25) is 0 Å². The Morgan fingerprint density at radius 2 is 2.00 bits per heavy atom. The van der Waals surface area contributed by atoms with Crippen LogP contribution in [0.25, 0.3) is 5.57 Å². The van der Waals surface area contributed by atoms with E-state index in [1.807, 2.05) is 0 Å². The first-order valence-electron chi connectivity index (χ1n) is 4.44. The van der Waals surface area contributed by atoms with E-state index >= 15 is 0 Å². The van der Waals surface area contributed by atoms with Crippen molar-refractivity contribution in [3.63, 3.8) is 0 Å². The minimum atomic E-state index is -0.716. The molecule has 4 heteroatoms. The summed E-state index contributed by atoms with van der Waals surface area (Å²) in [5.74, 6) is -0.668. The zero-order valence-electron chi connectivity index (χ0n) is 8.17. The minimum Gasteiger partial charge on any atom is -0.462 e. The van der Waals surface area contributed by atoms with Crippen molar-refractivity contribution in [3.05, 3.63) is 40.6 Å². The van der Waals surface area contributed by atoms with Gasteiger partial charge in [0.1, 0.15) is 5.57 Å². The van der Waals surface area contributed by atoms with E-state index in [2.05, 4.69) is 15.9 Å². The summed E-state index contributed by atoms with van der Waals surface area (Å²) < 4.78 is 17.2. The molecule has 15 heavy (non-hydrogen) atoms. The number of carbonyl (C=O) groups is 1. The van der Waals surface area contributed by atoms with Gasteiger partial charge in [-0.05, 0) is 28.4 Å². The van der Waals surface area contributed by atoms with Crippen LogP contribution >= 0.6 is 15.9 Å². The highest BCUT2D eigenvalue weighted by Gasteiger charge is 2.17. The number of rotatable bonds is 3. The number of hydrogen-bond acceptors (Lipinski definition) is 2. The molecule has 0 aliphatic rings. The summed E-state index contributed by atoms with van der Waals surface area (Å²) in [5.41, 5.74) is 0.405. The molecule has 0 spiro atoms. The fourth-order valence-electron chi connectivity index (χ4n) is 1.11. The smallest absolute Gasteiger partial charge is 0.342 e. The Balaban J connectivity index is 3.06. The second-order valence-electron chi connectivity index (χ2n) is 2.72. The van der Waals surface area contributed by atoms with Crippen LogP contribution in [0, 0.1) is 0 Å². The Morgan fingerprint density at radius 1 is 1.40 bits per heavy atom. The lowest BCUT2D eigenvalue weighted by Crippen LogP contribution is -2.07. The van der Waals surface area contributed by atoms with Gasteiger partial charge < -0.3 is 4.74 Å². The van der Waals surface area contributed by atoms with Crippen LogP contribution in [-0.2, 0) is 9.53 Å². The van der Waals surface area contributed by atoms with E-state index in [0.717, 1.165) is 0 Å². The molecule has 0 bridgehead atoms. The van der Waals surface area contributed by atoms with Crippen molar-refractivity contribution in [2.45, 2.75) is 6.92 Å². The number of hydrogen-bond donors (Lipinski definition) is 0. The predicted molar refractivity (Wildman–Crippen MR) is 60.0 cm³/mol. The normalized spacial score (nSPS) is 11.9. The number of ether oxygens (including phenoxy) is 1. The maximum Gasteiger partial charge on any atom is 0.342 e. The molecule has 0 aliphatic carbocycles. The Kier molecular flexibility index (Phi) is 4.49. The maximum absolute atomic E-state index is 13.1. The van der Waals surface area contributed by atoms with E-state index in [1.165, 1.54) is 0 Å². The fraction of sp³-hybridized carbons (Fsp3) is 0.182. The minimum absolute atomic E-state index is 0.0857. The number of esters is 1. The lowest BCUT2D eigenvalue weighted by atomic mass is 10.1. The molecule has 1 aromatic rings. The van der Waals surface area contributed by atoms with Gasteiger partial charge in [0.25, 0.3) is 0 Å². The molecule has 0 amide bonds. The Labute approximate surface area is 95.9 Å². The van der Waals surface area contributed by atoms with Crippen LogP contribution in [0.3, 0.4) is 0 Å². The molecule has 0 radical (unpaired) electrons. The summed E-state index contributed by atoms with van der Waals surface area (Å²) in [6.07, 6.45) is 0. The summed E-state index contributed by atoms with van der Waals surface area (Å²) in [4.78, 5) is 11.4.